The number of carbonyl (C=O) groups excluding carboxylic acids is 1. The van der Waals surface area contributed by atoms with Crippen molar-refractivity contribution in [2.45, 2.75) is 12.5 Å². The molecule has 26 heavy (non-hydrogen) atoms. The summed E-state index contributed by atoms with van der Waals surface area (Å²) in [6, 6.07) is 4.23. The van der Waals surface area contributed by atoms with Gasteiger partial charge in [-0.25, -0.2) is 9.79 Å². The minimum absolute atomic E-state index is 0.203. The number of amides is 1. The molecule has 0 fully saturated rings. The molecule has 0 bridgehead atoms. The van der Waals surface area contributed by atoms with E-state index in [1.54, 1.807) is 18.2 Å². The van der Waals surface area contributed by atoms with E-state index in [2.05, 4.69) is 20.9 Å². The van der Waals surface area contributed by atoms with Gasteiger partial charge in [0.1, 0.15) is 10.9 Å². The predicted molar refractivity (Wildman–Crippen MR) is 107 cm³/mol. The summed E-state index contributed by atoms with van der Waals surface area (Å²) >= 11 is 11.2. The second kappa shape index (κ2) is 7.63. The molecule has 0 saturated heterocycles. The first-order chi connectivity index (χ1) is 12.3. The highest BCUT2D eigenvalue weighted by molar-refractivity contribution is 9.10. The predicted octanol–water partition coefficient (Wildman–Crippen LogP) is 2.48. The lowest BCUT2D eigenvalue weighted by Gasteiger charge is -2.14. The van der Waals surface area contributed by atoms with Gasteiger partial charge in [0.25, 0.3) is 5.91 Å². The van der Waals surface area contributed by atoms with E-state index in [-0.39, 0.29) is 20.3 Å². The third kappa shape index (κ3) is 3.38. The van der Waals surface area contributed by atoms with Gasteiger partial charge in [0.15, 0.2) is 3.95 Å². The maximum atomic E-state index is 12.4. The van der Waals surface area contributed by atoms with Crippen LogP contribution in [0.3, 0.4) is 0 Å². The topological polar surface area (TPSA) is 91.9 Å². The highest BCUT2D eigenvalue weighted by atomic mass is 79.9. The Balaban J connectivity index is 2.22. The zero-order valence-electron chi connectivity index (χ0n) is 13.4. The second-order valence-electron chi connectivity index (χ2n) is 5.48. The van der Waals surface area contributed by atoms with E-state index in [0.29, 0.717) is 22.7 Å². The van der Waals surface area contributed by atoms with E-state index in [0.717, 1.165) is 15.8 Å². The lowest BCUT2D eigenvalue weighted by molar-refractivity contribution is -0.141. The fourth-order valence-corrected chi connectivity index (χ4v) is 4.97. The Morgan fingerprint density at radius 1 is 1.50 bits per heavy atom. The normalized spacial score (nSPS) is 14.2. The Kier molecular flexibility index (Phi) is 5.66. The fourth-order valence-electron chi connectivity index (χ4n) is 2.71. The lowest BCUT2D eigenvalue weighted by Crippen LogP contribution is -2.23. The van der Waals surface area contributed by atoms with Crippen LogP contribution in [0.15, 0.2) is 27.7 Å². The van der Waals surface area contributed by atoms with Gasteiger partial charge in [-0.3, -0.25) is 9.36 Å². The molecular formula is C16H13BrN2O4S3. The van der Waals surface area contributed by atoms with Gasteiger partial charge in [-0.05, 0) is 48.8 Å². The van der Waals surface area contributed by atoms with E-state index >= 15 is 0 Å². The van der Waals surface area contributed by atoms with Crippen molar-refractivity contribution in [1.29, 1.82) is 0 Å². The molecule has 0 aliphatic carbocycles. The van der Waals surface area contributed by atoms with Gasteiger partial charge in [0.2, 0.25) is 5.88 Å². The second-order valence-corrected chi connectivity index (χ2v) is 9.03. The maximum Gasteiger partial charge on any atom is 0.326 e. The van der Waals surface area contributed by atoms with Crippen molar-refractivity contribution in [2.24, 2.45) is 4.99 Å². The van der Waals surface area contributed by atoms with Crippen LogP contribution in [0.1, 0.15) is 17.3 Å². The number of aliphatic carboxylic acids is 1. The summed E-state index contributed by atoms with van der Waals surface area (Å²) in [5.74, 6) is -1.26. The molecule has 2 heterocycles. The van der Waals surface area contributed by atoms with Crippen molar-refractivity contribution in [1.82, 2.24) is 4.57 Å². The van der Waals surface area contributed by atoms with Crippen molar-refractivity contribution in [2.75, 3.05) is 12.0 Å². The SMILES string of the molecule is CSCC[C@H](C(=O)O)n1c(O)c(C2=c3cc(Br)ccc3=NC2=O)sc1=S. The van der Waals surface area contributed by atoms with Gasteiger partial charge >= 0.3 is 5.97 Å². The van der Waals surface area contributed by atoms with E-state index in [1.165, 1.54) is 16.3 Å². The van der Waals surface area contributed by atoms with Crippen LogP contribution in [-0.4, -0.2) is 38.7 Å². The van der Waals surface area contributed by atoms with Crippen molar-refractivity contribution in [3.05, 3.63) is 42.1 Å². The number of aromatic nitrogens is 1. The van der Waals surface area contributed by atoms with Crippen LogP contribution >= 0.6 is 51.2 Å². The molecule has 2 aromatic rings. The van der Waals surface area contributed by atoms with Crippen LogP contribution in [0.5, 0.6) is 5.88 Å². The largest absolute Gasteiger partial charge is 0.493 e. The molecule has 0 unspecified atom stereocenters. The highest BCUT2D eigenvalue weighted by Gasteiger charge is 2.30. The molecule has 0 radical (unpaired) electrons. The van der Waals surface area contributed by atoms with Crippen LogP contribution in [0, 0.1) is 3.95 Å². The summed E-state index contributed by atoms with van der Waals surface area (Å²) in [6.07, 6.45) is 2.19. The number of nitrogens with zero attached hydrogens (tertiary/aromatic N) is 2. The Hall–Kier alpha value is -1.49. The van der Waals surface area contributed by atoms with Gasteiger partial charge in [0, 0.05) is 9.69 Å². The first-order valence-corrected chi connectivity index (χ1v) is 10.9. The number of fused-ring (bicyclic) bond motifs is 1. The van der Waals surface area contributed by atoms with Crippen molar-refractivity contribution < 1.29 is 19.8 Å². The summed E-state index contributed by atoms with van der Waals surface area (Å²) in [6.45, 7) is 0. The van der Waals surface area contributed by atoms with Crippen molar-refractivity contribution in [3.63, 3.8) is 0 Å². The number of aromatic hydroxyl groups is 1. The molecule has 2 N–H and O–H groups in total. The summed E-state index contributed by atoms with van der Waals surface area (Å²) in [4.78, 5) is 28.3. The number of carbonyl (C=O) groups is 2. The van der Waals surface area contributed by atoms with Gasteiger partial charge in [-0.2, -0.15) is 11.8 Å². The summed E-state index contributed by atoms with van der Waals surface area (Å²) in [5, 5.41) is 21.3. The van der Waals surface area contributed by atoms with Gasteiger partial charge < -0.3 is 10.2 Å². The first-order valence-electron chi connectivity index (χ1n) is 7.44. The number of thiazole rings is 1. The van der Waals surface area contributed by atoms with Crippen molar-refractivity contribution >= 4 is 68.7 Å². The van der Waals surface area contributed by atoms with Crippen LogP contribution in [0.25, 0.3) is 5.57 Å². The zero-order valence-corrected chi connectivity index (χ0v) is 17.5. The number of thioether (sulfide) groups is 1. The minimum Gasteiger partial charge on any atom is -0.493 e. The highest BCUT2D eigenvalue weighted by Crippen LogP contribution is 2.36. The van der Waals surface area contributed by atoms with E-state index in [9.17, 15) is 19.8 Å². The smallest absolute Gasteiger partial charge is 0.326 e. The first kappa shape index (κ1) is 19.3. The average Bonchev–Trinajstić information content (AvgIpc) is 3.04. The number of halogens is 1. The molecular weight excluding hydrogens is 460 g/mol. The Bertz CT molecular complexity index is 1090. The molecule has 1 aliphatic rings. The molecule has 3 rings (SSSR count). The van der Waals surface area contributed by atoms with E-state index < -0.39 is 17.9 Å². The van der Waals surface area contributed by atoms with Gasteiger partial charge in [-0.15, -0.1) is 11.3 Å². The van der Waals surface area contributed by atoms with Gasteiger partial charge in [-0.1, -0.05) is 15.9 Å². The Morgan fingerprint density at radius 3 is 2.88 bits per heavy atom. The lowest BCUT2D eigenvalue weighted by atomic mass is 10.1. The van der Waals surface area contributed by atoms with E-state index in [4.69, 9.17) is 12.2 Å². The third-order valence-electron chi connectivity index (χ3n) is 3.90. The van der Waals surface area contributed by atoms with Crippen LogP contribution in [0.4, 0.5) is 0 Å². The molecule has 136 valence electrons. The number of hydrogen-bond donors (Lipinski definition) is 2. The molecule has 0 saturated carbocycles. The molecule has 1 aromatic carbocycles. The molecule has 1 amide bonds. The number of hydrogen-bond acceptors (Lipinski definition) is 6. The quantitative estimate of drug-likeness (QED) is 0.627. The van der Waals surface area contributed by atoms with Crippen LogP contribution < -0.4 is 10.6 Å². The average molecular weight is 473 g/mol. The van der Waals surface area contributed by atoms with Crippen LogP contribution in [0.2, 0.25) is 0 Å². The number of benzene rings is 1. The zero-order chi connectivity index (χ0) is 19.0. The third-order valence-corrected chi connectivity index (χ3v) is 6.45. The Morgan fingerprint density at radius 2 is 2.23 bits per heavy atom. The van der Waals surface area contributed by atoms with Crippen molar-refractivity contribution in [3.8, 4) is 5.88 Å². The van der Waals surface area contributed by atoms with Gasteiger partial charge in [0.05, 0.1) is 10.9 Å². The molecule has 1 aliphatic heterocycles. The summed E-state index contributed by atoms with van der Waals surface area (Å²) in [5.41, 5.74) is 0.239. The van der Waals surface area contributed by atoms with Crippen LogP contribution in [-0.2, 0) is 9.59 Å². The maximum absolute atomic E-state index is 12.4. The minimum atomic E-state index is -1.08. The molecule has 1 aromatic heterocycles. The standard InChI is InChI=1S/C16H13BrN2O4S3/c1-25-5-4-10(15(22)23)19-14(21)12(26-16(19)24)11-8-6-7(17)2-3-9(8)18-13(11)20/h2-3,6,10,21H,4-5H2,1H3,(H,22,23)/t10-/m1/s1. The summed E-state index contributed by atoms with van der Waals surface area (Å²) < 4.78 is 2.18. The number of carboxylic acids is 1. The Labute approximate surface area is 170 Å². The molecule has 0 spiro atoms. The molecule has 10 heteroatoms. The molecule has 1 atom stereocenters. The molecule has 6 nitrogen and oxygen atoms in total. The van der Waals surface area contributed by atoms with E-state index in [1.807, 2.05) is 6.26 Å². The number of rotatable bonds is 6. The monoisotopic (exact) mass is 472 g/mol. The fraction of sp³-hybridized carbons (Fsp3) is 0.250. The number of carboxylic acid groups (broad SMARTS) is 1. The summed E-state index contributed by atoms with van der Waals surface area (Å²) in [7, 11) is 0.